The molecule has 1 N–H and O–H groups in total. The first kappa shape index (κ1) is 6.92. The van der Waals surface area contributed by atoms with Gasteiger partial charge in [0.15, 0.2) is 5.49 Å². The van der Waals surface area contributed by atoms with Crippen molar-refractivity contribution in [1.29, 1.82) is 0 Å². The highest BCUT2D eigenvalue weighted by Crippen LogP contribution is 1.93. The summed E-state index contributed by atoms with van der Waals surface area (Å²) in [5.74, 6) is 0. The molecule has 1 aliphatic heterocycles. The molecule has 51 valence electrons. The van der Waals surface area contributed by atoms with E-state index in [4.69, 9.17) is 0 Å². The number of rotatable bonds is 2. The minimum Gasteiger partial charge on any atom is -0.302 e. The molecule has 0 aromatic carbocycles. The van der Waals surface area contributed by atoms with E-state index < -0.39 is 0 Å². The highest BCUT2D eigenvalue weighted by atomic mass is 32.1. The Morgan fingerprint density at radius 3 is 3.00 bits per heavy atom. The smallest absolute Gasteiger partial charge is 0.152 e. The Morgan fingerprint density at radius 2 is 2.56 bits per heavy atom. The van der Waals surface area contributed by atoms with Crippen LogP contribution in [-0.2, 0) is 0 Å². The van der Waals surface area contributed by atoms with Crippen molar-refractivity contribution in [2.75, 3.05) is 26.8 Å². The second-order valence-corrected chi connectivity index (χ2v) is 2.19. The minimum atomic E-state index is 0.889. The maximum Gasteiger partial charge on any atom is 0.152 e. The Labute approximate surface area is 60.6 Å². The summed E-state index contributed by atoms with van der Waals surface area (Å²) in [5.41, 5.74) is 2.61. The van der Waals surface area contributed by atoms with Gasteiger partial charge in [0.1, 0.15) is 0 Å². The van der Waals surface area contributed by atoms with Crippen LogP contribution in [0.25, 0.3) is 0 Å². The van der Waals surface area contributed by atoms with E-state index in [1.165, 1.54) is 0 Å². The van der Waals surface area contributed by atoms with Crippen LogP contribution in [-0.4, -0.2) is 42.3 Å². The van der Waals surface area contributed by atoms with Gasteiger partial charge in [0.2, 0.25) is 0 Å². The van der Waals surface area contributed by atoms with Crippen LogP contribution >= 0.6 is 12.2 Å². The van der Waals surface area contributed by atoms with E-state index in [0.29, 0.717) is 0 Å². The molecular weight excluding hydrogens is 134 g/mol. The Balaban J connectivity index is 2.32. The summed E-state index contributed by atoms with van der Waals surface area (Å²) in [7, 11) is 1.90. The first-order chi connectivity index (χ1) is 4.34. The van der Waals surface area contributed by atoms with E-state index in [9.17, 15) is 0 Å². The second kappa shape index (κ2) is 3.10. The van der Waals surface area contributed by atoms with E-state index in [1.54, 1.807) is 5.01 Å². The quantitative estimate of drug-likeness (QED) is 0.417. The molecule has 1 aliphatic rings. The maximum absolute atomic E-state index is 4.62. The molecule has 1 radical (unpaired) electrons. The fourth-order valence-corrected chi connectivity index (χ4v) is 0.925. The average molecular weight is 144 g/mol. The topological polar surface area (TPSA) is 18.5 Å². The van der Waals surface area contributed by atoms with Gasteiger partial charge in [-0.3, -0.25) is 5.01 Å². The van der Waals surface area contributed by atoms with Crippen molar-refractivity contribution in [3.05, 3.63) is 0 Å². The Kier molecular flexibility index (Phi) is 2.38. The number of nitrogens with one attached hydrogen (secondary N) is 1. The Hall–Kier alpha value is -0.190. The van der Waals surface area contributed by atoms with Gasteiger partial charge in [0.05, 0.1) is 6.67 Å². The van der Waals surface area contributed by atoms with Crippen LogP contribution in [0.3, 0.4) is 0 Å². The lowest BCUT2D eigenvalue weighted by Gasteiger charge is -2.22. The Bertz CT molecular complexity index is 100. The zero-order valence-corrected chi connectivity index (χ0v) is 6.24. The fraction of sp³-hybridized carbons (Fsp3) is 0.800. The van der Waals surface area contributed by atoms with Gasteiger partial charge < -0.3 is 5.32 Å². The van der Waals surface area contributed by atoms with Gasteiger partial charge in [-0.05, 0) is 0 Å². The summed E-state index contributed by atoms with van der Waals surface area (Å²) < 4.78 is 0. The minimum absolute atomic E-state index is 0.889. The van der Waals surface area contributed by atoms with Crippen LogP contribution in [0.4, 0.5) is 0 Å². The molecule has 1 rings (SSSR count). The summed E-state index contributed by atoms with van der Waals surface area (Å²) in [6, 6.07) is 0. The molecule has 1 heterocycles. The molecule has 0 amide bonds. The summed E-state index contributed by atoms with van der Waals surface area (Å²) in [5, 5.41) is 7.08. The monoisotopic (exact) mass is 144 g/mol. The maximum atomic E-state index is 4.62. The number of nitrogens with zero attached hydrogens (tertiary/aromatic N) is 2. The van der Waals surface area contributed by atoms with Crippen molar-refractivity contribution < 1.29 is 0 Å². The molecule has 3 nitrogen and oxygen atoms in total. The SMILES string of the molecule is CN([C]=S)N1CCNC1. The van der Waals surface area contributed by atoms with Gasteiger partial charge in [0.25, 0.3) is 0 Å². The van der Waals surface area contributed by atoms with Gasteiger partial charge in [-0.2, -0.15) is 0 Å². The van der Waals surface area contributed by atoms with Crippen molar-refractivity contribution in [2.45, 2.75) is 0 Å². The van der Waals surface area contributed by atoms with E-state index in [-0.39, 0.29) is 0 Å². The third kappa shape index (κ3) is 1.61. The predicted molar refractivity (Wildman–Crippen MR) is 39.9 cm³/mol. The summed E-state index contributed by atoms with van der Waals surface area (Å²) >= 11 is 4.62. The molecule has 0 aliphatic carbocycles. The lowest BCUT2D eigenvalue weighted by Crippen LogP contribution is -2.37. The van der Waals surface area contributed by atoms with Crippen molar-refractivity contribution >= 4 is 17.7 Å². The molecule has 0 unspecified atom stereocenters. The van der Waals surface area contributed by atoms with Crippen molar-refractivity contribution in [3.8, 4) is 0 Å². The molecule has 1 saturated heterocycles. The second-order valence-electron chi connectivity index (χ2n) is 2.00. The van der Waals surface area contributed by atoms with Crippen LogP contribution in [0.5, 0.6) is 0 Å². The lowest BCUT2D eigenvalue weighted by atomic mass is 10.7. The largest absolute Gasteiger partial charge is 0.302 e. The molecule has 0 aromatic heterocycles. The summed E-state index contributed by atoms with van der Waals surface area (Å²) in [6.07, 6.45) is 0. The third-order valence-corrected chi connectivity index (χ3v) is 1.66. The molecule has 1 fully saturated rings. The highest BCUT2D eigenvalue weighted by Gasteiger charge is 2.12. The number of hydrogen-bond donors (Lipinski definition) is 1. The number of thiocarbonyl (C=S) groups is 1. The summed E-state index contributed by atoms with van der Waals surface area (Å²) in [4.78, 5) is 0. The zero-order valence-electron chi connectivity index (χ0n) is 5.42. The molecule has 0 bridgehead atoms. The lowest BCUT2D eigenvalue weighted by molar-refractivity contribution is 0.110. The fourth-order valence-electron chi connectivity index (χ4n) is 0.809. The van der Waals surface area contributed by atoms with E-state index in [1.807, 2.05) is 7.05 Å². The normalized spacial score (nSPS) is 20.1. The first-order valence-corrected chi connectivity index (χ1v) is 3.32. The molecule has 0 spiro atoms. The first-order valence-electron chi connectivity index (χ1n) is 2.91. The molecular formula is C5H10N3S. The van der Waals surface area contributed by atoms with Gasteiger partial charge in [-0.25, -0.2) is 5.01 Å². The Morgan fingerprint density at radius 1 is 1.78 bits per heavy atom. The number of hydrogen-bond acceptors (Lipinski definition) is 3. The van der Waals surface area contributed by atoms with Crippen molar-refractivity contribution in [1.82, 2.24) is 15.3 Å². The van der Waals surface area contributed by atoms with E-state index in [2.05, 4.69) is 28.0 Å². The molecule has 0 aromatic rings. The summed E-state index contributed by atoms with van der Waals surface area (Å²) in [6.45, 7) is 2.96. The standard InChI is InChI=1S/C5H10N3S/c1-7(5-9)8-3-2-6-4-8/h6H,2-4H2,1H3. The molecule has 4 heteroatoms. The van der Waals surface area contributed by atoms with Gasteiger partial charge in [-0.1, -0.05) is 12.2 Å². The highest BCUT2D eigenvalue weighted by molar-refractivity contribution is 7.78. The van der Waals surface area contributed by atoms with E-state index in [0.717, 1.165) is 19.8 Å². The van der Waals surface area contributed by atoms with Gasteiger partial charge in [0, 0.05) is 20.1 Å². The molecule has 0 atom stereocenters. The van der Waals surface area contributed by atoms with Crippen LogP contribution in [0.15, 0.2) is 0 Å². The van der Waals surface area contributed by atoms with Gasteiger partial charge in [-0.15, -0.1) is 0 Å². The molecule has 9 heavy (non-hydrogen) atoms. The average Bonchev–Trinajstić information content (AvgIpc) is 2.37. The van der Waals surface area contributed by atoms with Crippen molar-refractivity contribution in [3.63, 3.8) is 0 Å². The predicted octanol–water partition coefficient (Wildman–Crippen LogP) is -0.470. The van der Waals surface area contributed by atoms with Crippen molar-refractivity contribution in [2.24, 2.45) is 0 Å². The van der Waals surface area contributed by atoms with Crippen LogP contribution in [0.1, 0.15) is 0 Å². The zero-order chi connectivity index (χ0) is 6.69. The van der Waals surface area contributed by atoms with Crippen LogP contribution < -0.4 is 5.32 Å². The third-order valence-electron chi connectivity index (χ3n) is 1.40. The van der Waals surface area contributed by atoms with Crippen LogP contribution in [0, 0.1) is 0 Å². The molecule has 0 saturated carbocycles. The van der Waals surface area contributed by atoms with Crippen LogP contribution in [0.2, 0.25) is 0 Å². The number of hydrazine groups is 1. The van der Waals surface area contributed by atoms with E-state index >= 15 is 0 Å². The van der Waals surface area contributed by atoms with Gasteiger partial charge >= 0.3 is 0 Å².